The Morgan fingerprint density at radius 1 is 1.42 bits per heavy atom. The Hall–Kier alpha value is -1.63. The van der Waals surface area contributed by atoms with Gasteiger partial charge in [0, 0.05) is 10.5 Å². The molecule has 3 N–H and O–H groups in total. The number of carboxylic acid groups (broad SMARTS) is 1. The Labute approximate surface area is 118 Å². The van der Waals surface area contributed by atoms with E-state index in [9.17, 15) is 9.59 Å². The summed E-state index contributed by atoms with van der Waals surface area (Å²) >= 11 is 3.33. The molecule has 1 aromatic heterocycles. The minimum atomic E-state index is -0.802. The lowest BCUT2D eigenvalue weighted by Gasteiger charge is -2.32. The summed E-state index contributed by atoms with van der Waals surface area (Å²) in [4.78, 5) is 26.5. The number of carboxylic acids is 1. The molecule has 19 heavy (non-hydrogen) atoms. The molecule has 0 saturated heterocycles. The number of nitrogens with one attached hydrogen (secondary N) is 2. The number of amides is 2. The van der Waals surface area contributed by atoms with Crippen molar-refractivity contribution in [2.45, 2.75) is 25.8 Å². The van der Waals surface area contributed by atoms with Gasteiger partial charge in [-0.05, 0) is 47.8 Å². The number of aryl methyl sites for hydroxylation is 1. The molecule has 0 bridgehead atoms. The van der Waals surface area contributed by atoms with Gasteiger partial charge in [0.15, 0.2) is 0 Å². The maximum atomic E-state index is 11.7. The number of rotatable bonds is 3. The summed E-state index contributed by atoms with van der Waals surface area (Å²) in [5.41, 5.74) is 0.785. The van der Waals surface area contributed by atoms with E-state index in [0.29, 0.717) is 18.7 Å². The molecule has 0 aliphatic heterocycles. The molecule has 1 aliphatic rings. The molecular weight excluding hydrogens is 314 g/mol. The Bertz CT molecular complexity index is 515. The Morgan fingerprint density at radius 3 is 2.68 bits per heavy atom. The number of nitrogens with zero attached hydrogens (tertiary/aromatic N) is 1. The second-order valence-corrected chi connectivity index (χ2v) is 5.42. The van der Waals surface area contributed by atoms with E-state index in [0.717, 1.165) is 10.2 Å². The number of aromatic nitrogens is 1. The molecule has 1 saturated carbocycles. The van der Waals surface area contributed by atoms with Crippen molar-refractivity contribution in [2.24, 2.45) is 5.92 Å². The molecule has 102 valence electrons. The number of carbonyl (C=O) groups excluding carboxylic acids is 1. The molecule has 0 radical (unpaired) electrons. The summed E-state index contributed by atoms with van der Waals surface area (Å²) in [7, 11) is 0. The third kappa shape index (κ3) is 3.44. The third-order valence-corrected chi connectivity index (χ3v) is 3.92. The van der Waals surface area contributed by atoms with Crippen LogP contribution in [0.4, 0.5) is 10.6 Å². The zero-order valence-electron chi connectivity index (χ0n) is 10.3. The molecule has 1 fully saturated rings. The van der Waals surface area contributed by atoms with Crippen LogP contribution in [0.1, 0.15) is 18.5 Å². The molecule has 7 heteroatoms. The van der Waals surface area contributed by atoms with Gasteiger partial charge >= 0.3 is 12.0 Å². The maximum Gasteiger partial charge on any atom is 0.320 e. The second kappa shape index (κ2) is 5.56. The van der Waals surface area contributed by atoms with E-state index < -0.39 is 5.97 Å². The summed E-state index contributed by atoms with van der Waals surface area (Å²) in [5.74, 6) is -0.672. The van der Waals surface area contributed by atoms with Crippen molar-refractivity contribution in [2.75, 3.05) is 5.32 Å². The highest BCUT2D eigenvalue weighted by Crippen LogP contribution is 2.27. The van der Waals surface area contributed by atoms with Crippen molar-refractivity contribution >= 4 is 33.7 Å². The number of anilines is 1. The molecule has 1 aliphatic carbocycles. The Balaban J connectivity index is 1.82. The van der Waals surface area contributed by atoms with E-state index in [1.807, 2.05) is 13.0 Å². The van der Waals surface area contributed by atoms with E-state index >= 15 is 0 Å². The molecule has 1 aromatic rings. The molecule has 0 aromatic carbocycles. The minimum absolute atomic E-state index is 0.0716. The van der Waals surface area contributed by atoms with Crippen LogP contribution in [0.3, 0.4) is 0 Å². The van der Waals surface area contributed by atoms with E-state index in [2.05, 4.69) is 31.5 Å². The standard InChI is InChI=1S/C12H14BrN3O3/c1-6-9(13)2-3-10(14-6)16-12(19)15-8-4-7(5-8)11(17)18/h2-3,7-8H,4-5H2,1H3,(H,17,18)(H2,14,15,16,19). The van der Waals surface area contributed by atoms with Crippen molar-refractivity contribution in [1.82, 2.24) is 10.3 Å². The molecule has 0 unspecified atom stereocenters. The normalized spacial score (nSPS) is 21.4. The average Bonchev–Trinajstić information content (AvgIpc) is 2.27. The highest BCUT2D eigenvalue weighted by molar-refractivity contribution is 9.10. The van der Waals surface area contributed by atoms with Crippen LogP contribution in [0.25, 0.3) is 0 Å². The quantitative estimate of drug-likeness (QED) is 0.793. The summed E-state index contributed by atoms with van der Waals surface area (Å²) in [6.07, 6.45) is 0.963. The zero-order valence-corrected chi connectivity index (χ0v) is 11.9. The number of carbonyl (C=O) groups is 2. The van der Waals surface area contributed by atoms with E-state index in [1.165, 1.54) is 0 Å². The first-order valence-electron chi connectivity index (χ1n) is 5.89. The maximum absolute atomic E-state index is 11.7. The van der Waals surface area contributed by atoms with Crippen LogP contribution in [-0.4, -0.2) is 28.1 Å². The van der Waals surface area contributed by atoms with Crippen LogP contribution in [0.2, 0.25) is 0 Å². The molecule has 2 amide bonds. The number of pyridine rings is 1. The van der Waals surface area contributed by atoms with E-state index in [-0.39, 0.29) is 18.0 Å². The summed E-state index contributed by atoms with van der Waals surface area (Å²) in [6, 6.07) is 3.07. The number of hydrogen-bond acceptors (Lipinski definition) is 3. The summed E-state index contributed by atoms with van der Waals surface area (Å²) in [5, 5.41) is 14.1. The fraction of sp³-hybridized carbons (Fsp3) is 0.417. The first kappa shape index (κ1) is 13.8. The van der Waals surface area contributed by atoms with Crippen LogP contribution in [0.15, 0.2) is 16.6 Å². The van der Waals surface area contributed by atoms with Crippen molar-refractivity contribution in [1.29, 1.82) is 0 Å². The predicted octanol–water partition coefficient (Wildman–Crippen LogP) is 2.14. The fourth-order valence-electron chi connectivity index (χ4n) is 1.89. The Morgan fingerprint density at radius 2 is 2.11 bits per heavy atom. The van der Waals surface area contributed by atoms with Crippen LogP contribution >= 0.6 is 15.9 Å². The minimum Gasteiger partial charge on any atom is -0.481 e. The summed E-state index contributed by atoms with van der Waals surface area (Å²) in [6.45, 7) is 1.83. The van der Waals surface area contributed by atoms with Gasteiger partial charge in [0.2, 0.25) is 0 Å². The first-order chi connectivity index (χ1) is 8.95. The zero-order chi connectivity index (χ0) is 14.0. The van der Waals surface area contributed by atoms with Crippen molar-refractivity contribution < 1.29 is 14.7 Å². The van der Waals surface area contributed by atoms with Crippen LogP contribution in [0, 0.1) is 12.8 Å². The van der Waals surface area contributed by atoms with E-state index in [1.54, 1.807) is 6.07 Å². The SMILES string of the molecule is Cc1nc(NC(=O)NC2CC(C(=O)O)C2)ccc1Br. The van der Waals surface area contributed by atoms with Gasteiger partial charge in [0.25, 0.3) is 0 Å². The van der Waals surface area contributed by atoms with E-state index in [4.69, 9.17) is 5.11 Å². The number of halogens is 1. The van der Waals surface area contributed by atoms with Gasteiger partial charge in [0.1, 0.15) is 5.82 Å². The van der Waals surface area contributed by atoms with Gasteiger partial charge in [0.05, 0.1) is 11.6 Å². The predicted molar refractivity (Wildman–Crippen MR) is 73.0 cm³/mol. The number of aliphatic carboxylic acids is 1. The molecule has 0 spiro atoms. The second-order valence-electron chi connectivity index (χ2n) is 4.57. The highest BCUT2D eigenvalue weighted by atomic mass is 79.9. The lowest BCUT2D eigenvalue weighted by Crippen LogP contribution is -2.48. The monoisotopic (exact) mass is 327 g/mol. The van der Waals surface area contributed by atoms with Crippen LogP contribution < -0.4 is 10.6 Å². The van der Waals surface area contributed by atoms with Crippen molar-refractivity contribution in [3.63, 3.8) is 0 Å². The van der Waals surface area contributed by atoms with Crippen LogP contribution in [-0.2, 0) is 4.79 Å². The van der Waals surface area contributed by atoms with Gasteiger partial charge in [-0.3, -0.25) is 10.1 Å². The van der Waals surface area contributed by atoms with Crippen molar-refractivity contribution in [3.05, 3.63) is 22.3 Å². The smallest absolute Gasteiger partial charge is 0.320 e. The molecule has 1 heterocycles. The highest BCUT2D eigenvalue weighted by Gasteiger charge is 2.35. The van der Waals surface area contributed by atoms with Crippen molar-refractivity contribution in [3.8, 4) is 0 Å². The molecular formula is C12H14BrN3O3. The lowest BCUT2D eigenvalue weighted by atomic mass is 9.80. The molecule has 0 atom stereocenters. The first-order valence-corrected chi connectivity index (χ1v) is 6.68. The lowest BCUT2D eigenvalue weighted by molar-refractivity contribution is -0.145. The largest absolute Gasteiger partial charge is 0.481 e. The van der Waals surface area contributed by atoms with Gasteiger partial charge in [-0.25, -0.2) is 9.78 Å². The molecule has 2 rings (SSSR count). The third-order valence-electron chi connectivity index (χ3n) is 3.09. The number of hydrogen-bond donors (Lipinski definition) is 3. The van der Waals surface area contributed by atoms with Gasteiger partial charge in [-0.1, -0.05) is 0 Å². The van der Waals surface area contributed by atoms with Gasteiger partial charge in [-0.2, -0.15) is 0 Å². The van der Waals surface area contributed by atoms with Gasteiger partial charge in [-0.15, -0.1) is 0 Å². The van der Waals surface area contributed by atoms with Gasteiger partial charge < -0.3 is 10.4 Å². The topological polar surface area (TPSA) is 91.3 Å². The fourth-order valence-corrected chi connectivity index (χ4v) is 2.11. The summed E-state index contributed by atoms with van der Waals surface area (Å²) < 4.78 is 0.877. The Kier molecular flexibility index (Phi) is 4.04. The van der Waals surface area contributed by atoms with Crippen LogP contribution in [0.5, 0.6) is 0 Å². The number of urea groups is 1. The average molecular weight is 328 g/mol. The molecule has 6 nitrogen and oxygen atoms in total.